The third kappa shape index (κ3) is 1.24. The van der Waals surface area contributed by atoms with Crippen LogP contribution in [0.25, 0.3) is 0 Å². The highest BCUT2D eigenvalue weighted by molar-refractivity contribution is 5.87. The highest BCUT2D eigenvalue weighted by Gasteiger charge is 2.19. The van der Waals surface area contributed by atoms with E-state index in [2.05, 4.69) is 9.84 Å². The van der Waals surface area contributed by atoms with Crippen molar-refractivity contribution < 1.29 is 14.6 Å². The maximum atomic E-state index is 10.8. The lowest BCUT2D eigenvalue weighted by Crippen LogP contribution is -2.18. The molecule has 7 heteroatoms. The second-order valence-electron chi connectivity index (χ2n) is 1.84. The number of nitro groups is 1. The van der Waals surface area contributed by atoms with Crippen molar-refractivity contribution in [1.29, 1.82) is 0 Å². The molecule has 1 aromatic heterocycles. The Bertz CT molecular complexity index is 318. The second-order valence-corrected chi connectivity index (χ2v) is 1.84. The number of carbonyl (C=O) groups excluding carboxylic acids is 1. The maximum Gasteiger partial charge on any atom is 0.363 e. The van der Waals surface area contributed by atoms with Gasteiger partial charge in [0.15, 0.2) is 6.20 Å². The van der Waals surface area contributed by atoms with Crippen molar-refractivity contribution in [3.63, 3.8) is 0 Å². The standard InChI is InChI=1S/C5H5N3O4/c1-12-5(9)4-2-3-6-7(4)8(10)11/h2-3H,1H3. The molecule has 64 valence electrons. The topological polar surface area (TPSA) is 87.3 Å². The minimum Gasteiger partial charge on any atom is -0.464 e. The van der Waals surface area contributed by atoms with Gasteiger partial charge in [-0.25, -0.2) is 4.79 Å². The van der Waals surface area contributed by atoms with E-state index in [1.54, 1.807) is 0 Å². The molecule has 7 nitrogen and oxygen atoms in total. The summed E-state index contributed by atoms with van der Waals surface area (Å²) in [7, 11) is 1.14. The summed E-state index contributed by atoms with van der Waals surface area (Å²) in [6.07, 6.45) is 1.15. The normalized spacial score (nSPS) is 9.42. The van der Waals surface area contributed by atoms with Gasteiger partial charge in [-0.05, 0) is 0 Å². The molecule has 0 aliphatic carbocycles. The quantitative estimate of drug-likeness (QED) is 0.346. The van der Waals surface area contributed by atoms with E-state index in [-0.39, 0.29) is 5.69 Å². The second kappa shape index (κ2) is 2.99. The first kappa shape index (κ1) is 8.18. The molecule has 1 aromatic rings. The monoisotopic (exact) mass is 171 g/mol. The fraction of sp³-hybridized carbons (Fsp3) is 0.200. The summed E-state index contributed by atoms with van der Waals surface area (Å²) in [6.45, 7) is 0. The number of hydrogen-bond acceptors (Lipinski definition) is 5. The molecule has 0 saturated carbocycles. The molecule has 0 spiro atoms. The molecular weight excluding hydrogens is 166 g/mol. The van der Waals surface area contributed by atoms with E-state index >= 15 is 0 Å². The lowest BCUT2D eigenvalue weighted by Gasteiger charge is -1.96. The van der Waals surface area contributed by atoms with Crippen molar-refractivity contribution in [3.05, 3.63) is 28.1 Å². The molecule has 0 aliphatic heterocycles. The van der Waals surface area contributed by atoms with Gasteiger partial charge < -0.3 is 14.9 Å². The van der Waals surface area contributed by atoms with E-state index in [0.717, 1.165) is 13.3 Å². The molecule has 0 N–H and O–H groups in total. The Hall–Kier alpha value is -1.92. The van der Waals surface area contributed by atoms with Gasteiger partial charge in [0.25, 0.3) is 0 Å². The van der Waals surface area contributed by atoms with Crippen molar-refractivity contribution in [3.8, 4) is 0 Å². The number of carbonyl (C=O) groups is 1. The zero-order valence-electron chi connectivity index (χ0n) is 6.13. The van der Waals surface area contributed by atoms with E-state index < -0.39 is 11.0 Å². The van der Waals surface area contributed by atoms with E-state index in [9.17, 15) is 14.9 Å². The molecule has 1 rings (SSSR count). The van der Waals surface area contributed by atoms with Gasteiger partial charge in [0.1, 0.15) is 0 Å². The Morgan fingerprint density at radius 2 is 2.50 bits per heavy atom. The van der Waals surface area contributed by atoms with Crippen molar-refractivity contribution in [2.45, 2.75) is 0 Å². The fourth-order valence-electron chi connectivity index (χ4n) is 0.680. The molecule has 0 unspecified atom stereocenters. The minimum atomic E-state index is -0.813. The first-order chi connectivity index (χ1) is 5.66. The zero-order chi connectivity index (χ0) is 9.14. The van der Waals surface area contributed by atoms with Crippen LogP contribution in [-0.4, -0.2) is 28.0 Å². The largest absolute Gasteiger partial charge is 0.464 e. The molecule has 0 atom stereocenters. The summed E-state index contributed by atoms with van der Waals surface area (Å²) < 4.78 is 4.28. The van der Waals surface area contributed by atoms with E-state index in [4.69, 9.17) is 0 Å². The van der Waals surface area contributed by atoms with Crippen LogP contribution in [0.5, 0.6) is 0 Å². The number of rotatable bonds is 2. The molecule has 1 heterocycles. The molecule has 0 radical (unpaired) electrons. The number of aromatic nitrogens is 2. The smallest absolute Gasteiger partial charge is 0.363 e. The van der Waals surface area contributed by atoms with Crippen LogP contribution >= 0.6 is 0 Å². The predicted molar refractivity (Wildman–Crippen MR) is 36.0 cm³/mol. The van der Waals surface area contributed by atoms with Crippen molar-refractivity contribution in [1.82, 2.24) is 9.89 Å². The number of methoxy groups -OCH3 is 1. The predicted octanol–water partition coefficient (Wildman–Crippen LogP) is -0.291. The third-order valence-electron chi connectivity index (χ3n) is 1.17. The van der Waals surface area contributed by atoms with Crippen molar-refractivity contribution in [2.24, 2.45) is 0 Å². The molecule has 0 fully saturated rings. The third-order valence-corrected chi connectivity index (χ3v) is 1.17. The van der Waals surface area contributed by atoms with Gasteiger partial charge in [-0.2, -0.15) is 0 Å². The summed E-state index contributed by atoms with van der Waals surface area (Å²) in [5.74, 6) is -0.788. The Balaban J connectivity index is 3.07. The lowest BCUT2D eigenvalue weighted by atomic mass is 10.4. The van der Waals surface area contributed by atoms with E-state index in [1.165, 1.54) is 6.07 Å². The van der Waals surface area contributed by atoms with Gasteiger partial charge in [0, 0.05) is 16.0 Å². The highest BCUT2D eigenvalue weighted by Crippen LogP contribution is 1.99. The van der Waals surface area contributed by atoms with Crippen LogP contribution in [0.3, 0.4) is 0 Å². The molecular formula is C5H5N3O4. The minimum absolute atomic E-state index is 0.206. The highest BCUT2D eigenvalue weighted by atomic mass is 16.7. The van der Waals surface area contributed by atoms with Crippen LogP contribution in [0.4, 0.5) is 0 Å². The van der Waals surface area contributed by atoms with Crippen LogP contribution < -0.4 is 0 Å². The van der Waals surface area contributed by atoms with Crippen LogP contribution in [0.1, 0.15) is 10.5 Å². The molecule has 0 aliphatic rings. The maximum absolute atomic E-state index is 10.8. The Kier molecular flexibility index (Phi) is 2.04. The van der Waals surface area contributed by atoms with E-state index in [0.29, 0.717) is 4.79 Å². The van der Waals surface area contributed by atoms with Crippen LogP contribution in [0.2, 0.25) is 0 Å². The van der Waals surface area contributed by atoms with Crippen molar-refractivity contribution >= 4 is 5.97 Å². The zero-order valence-corrected chi connectivity index (χ0v) is 6.13. The number of ether oxygens (including phenoxy) is 1. The number of nitrogens with zero attached hydrogens (tertiary/aromatic N) is 3. The fourth-order valence-corrected chi connectivity index (χ4v) is 0.680. The summed E-state index contributed by atoms with van der Waals surface area (Å²) >= 11 is 0. The van der Waals surface area contributed by atoms with Gasteiger partial charge >= 0.3 is 5.97 Å². The average molecular weight is 171 g/mol. The molecule has 0 amide bonds. The van der Waals surface area contributed by atoms with Gasteiger partial charge in [0.05, 0.1) is 12.1 Å². The summed E-state index contributed by atoms with van der Waals surface area (Å²) in [4.78, 5) is 21.4. The molecule has 12 heavy (non-hydrogen) atoms. The van der Waals surface area contributed by atoms with Crippen LogP contribution in [0, 0.1) is 10.1 Å². The Morgan fingerprint density at radius 3 is 3.00 bits per heavy atom. The van der Waals surface area contributed by atoms with Gasteiger partial charge in [-0.1, -0.05) is 0 Å². The lowest BCUT2D eigenvalue weighted by molar-refractivity contribution is -0.553. The molecule has 0 bridgehead atoms. The van der Waals surface area contributed by atoms with Gasteiger partial charge in [-0.15, -0.1) is 0 Å². The van der Waals surface area contributed by atoms with Gasteiger partial charge in [-0.3, -0.25) is 0 Å². The summed E-state index contributed by atoms with van der Waals surface area (Å²) in [6, 6.07) is 1.20. The molecule has 0 aromatic carbocycles. The van der Waals surface area contributed by atoms with Crippen LogP contribution in [-0.2, 0) is 4.74 Å². The van der Waals surface area contributed by atoms with Gasteiger partial charge in [0.2, 0.25) is 5.69 Å². The van der Waals surface area contributed by atoms with Crippen LogP contribution in [0.15, 0.2) is 12.3 Å². The Morgan fingerprint density at radius 1 is 1.83 bits per heavy atom. The first-order valence-electron chi connectivity index (χ1n) is 2.94. The Labute approximate surface area is 66.7 Å². The number of esters is 1. The first-order valence-corrected chi connectivity index (χ1v) is 2.94. The average Bonchev–Trinajstić information content (AvgIpc) is 2.50. The summed E-state index contributed by atoms with van der Waals surface area (Å²) in [5.41, 5.74) is -0.206. The van der Waals surface area contributed by atoms with E-state index in [1.807, 2.05) is 0 Å². The number of hydrogen-bond donors (Lipinski definition) is 0. The van der Waals surface area contributed by atoms with Crippen molar-refractivity contribution in [2.75, 3.05) is 7.11 Å². The molecule has 0 saturated heterocycles. The summed E-state index contributed by atoms with van der Waals surface area (Å²) in [5, 5.41) is 12.7. The SMILES string of the molecule is COC(=O)c1ccnn1[N+](=O)[O-].